The van der Waals surface area contributed by atoms with Crippen LogP contribution in [0.2, 0.25) is 5.02 Å². The molecule has 2 N–H and O–H groups in total. The van der Waals surface area contributed by atoms with Gasteiger partial charge in [-0.3, -0.25) is 4.79 Å². The van der Waals surface area contributed by atoms with Gasteiger partial charge in [0.25, 0.3) is 5.91 Å². The zero-order chi connectivity index (χ0) is 19.9. The monoisotopic (exact) mass is 397 g/mol. The standard InChI is InChI=1S/C21H20ClN3O3/c1-27-17-6-3-14(4-7-17)13-24-21(26)15-9-10-23-20(11-15)25-18-12-16(22)5-8-19(18)28-2/h3-12H,13H2,1-2H3,(H,23,25)(H,24,26). The van der Waals surface area contributed by atoms with Crippen LogP contribution in [0.4, 0.5) is 11.5 Å². The van der Waals surface area contributed by atoms with E-state index in [-0.39, 0.29) is 5.91 Å². The van der Waals surface area contributed by atoms with Gasteiger partial charge in [-0.25, -0.2) is 4.98 Å². The molecule has 0 atom stereocenters. The fourth-order valence-electron chi connectivity index (χ4n) is 2.58. The number of aromatic nitrogens is 1. The summed E-state index contributed by atoms with van der Waals surface area (Å²) in [5.41, 5.74) is 2.13. The third-order valence-electron chi connectivity index (χ3n) is 4.06. The Hall–Kier alpha value is -3.25. The smallest absolute Gasteiger partial charge is 0.251 e. The summed E-state index contributed by atoms with van der Waals surface area (Å²) in [4.78, 5) is 16.7. The van der Waals surface area contributed by atoms with Crippen molar-refractivity contribution in [3.63, 3.8) is 0 Å². The van der Waals surface area contributed by atoms with Gasteiger partial charge in [0, 0.05) is 23.3 Å². The van der Waals surface area contributed by atoms with Crippen LogP contribution in [0.5, 0.6) is 11.5 Å². The van der Waals surface area contributed by atoms with E-state index in [1.165, 1.54) is 0 Å². The summed E-state index contributed by atoms with van der Waals surface area (Å²) < 4.78 is 10.4. The lowest BCUT2D eigenvalue weighted by molar-refractivity contribution is 0.0951. The Kier molecular flexibility index (Phi) is 6.34. The fourth-order valence-corrected chi connectivity index (χ4v) is 2.76. The lowest BCUT2D eigenvalue weighted by Crippen LogP contribution is -2.22. The number of halogens is 1. The Labute approximate surface area is 168 Å². The van der Waals surface area contributed by atoms with Gasteiger partial charge in [-0.1, -0.05) is 23.7 Å². The second-order valence-corrected chi connectivity index (χ2v) is 6.37. The molecule has 0 aliphatic rings. The minimum absolute atomic E-state index is 0.195. The van der Waals surface area contributed by atoms with Gasteiger partial charge in [0.05, 0.1) is 19.9 Å². The van der Waals surface area contributed by atoms with Crippen LogP contribution in [-0.4, -0.2) is 25.1 Å². The molecule has 0 unspecified atom stereocenters. The van der Waals surface area contributed by atoms with Crippen molar-refractivity contribution in [3.8, 4) is 11.5 Å². The Balaban J connectivity index is 1.68. The number of amides is 1. The second kappa shape index (κ2) is 9.10. The zero-order valence-corrected chi connectivity index (χ0v) is 16.3. The number of benzene rings is 2. The molecule has 1 heterocycles. The van der Waals surface area contributed by atoms with Gasteiger partial charge in [-0.05, 0) is 48.0 Å². The first-order valence-corrected chi connectivity index (χ1v) is 8.94. The van der Waals surface area contributed by atoms with Crippen LogP contribution < -0.4 is 20.1 Å². The van der Waals surface area contributed by atoms with E-state index in [2.05, 4.69) is 15.6 Å². The molecule has 0 spiro atoms. The molecule has 7 heteroatoms. The number of hydrogen-bond acceptors (Lipinski definition) is 5. The number of ether oxygens (including phenoxy) is 2. The molecule has 0 radical (unpaired) electrons. The topological polar surface area (TPSA) is 72.5 Å². The highest BCUT2D eigenvalue weighted by Gasteiger charge is 2.09. The maximum atomic E-state index is 12.5. The quantitative estimate of drug-likeness (QED) is 0.617. The molecule has 0 saturated heterocycles. The van der Waals surface area contributed by atoms with E-state index >= 15 is 0 Å². The number of carbonyl (C=O) groups excluding carboxylic acids is 1. The number of carbonyl (C=O) groups is 1. The van der Waals surface area contributed by atoms with E-state index in [1.54, 1.807) is 50.7 Å². The fraction of sp³-hybridized carbons (Fsp3) is 0.143. The van der Waals surface area contributed by atoms with Gasteiger partial charge in [0.15, 0.2) is 0 Å². The average molecular weight is 398 g/mol. The Morgan fingerprint density at radius 3 is 2.54 bits per heavy atom. The van der Waals surface area contributed by atoms with Crippen molar-refractivity contribution in [1.29, 1.82) is 0 Å². The first-order valence-electron chi connectivity index (χ1n) is 8.57. The Bertz CT molecular complexity index is 961. The van der Waals surface area contributed by atoms with Crippen molar-refractivity contribution in [2.24, 2.45) is 0 Å². The van der Waals surface area contributed by atoms with Crippen molar-refractivity contribution >= 4 is 29.0 Å². The molecule has 0 fully saturated rings. The summed E-state index contributed by atoms with van der Waals surface area (Å²) in [5, 5.41) is 6.59. The summed E-state index contributed by atoms with van der Waals surface area (Å²) in [6.07, 6.45) is 1.57. The van der Waals surface area contributed by atoms with Gasteiger partial charge < -0.3 is 20.1 Å². The first-order chi connectivity index (χ1) is 13.6. The normalized spacial score (nSPS) is 10.2. The number of nitrogens with one attached hydrogen (secondary N) is 2. The SMILES string of the molecule is COc1ccc(CNC(=O)c2ccnc(Nc3cc(Cl)ccc3OC)c2)cc1. The van der Waals surface area contributed by atoms with Gasteiger partial charge in [0.2, 0.25) is 0 Å². The highest BCUT2D eigenvalue weighted by atomic mass is 35.5. The molecular formula is C21H20ClN3O3. The number of anilines is 2. The van der Waals surface area contributed by atoms with Gasteiger partial charge in [-0.2, -0.15) is 0 Å². The zero-order valence-electron chi connectivity index (χ0n) is 15.5. The van der Waals surface area contributed by atoms with Crippen molar-refractivity contribution in [1.82, 2.24) is 10.3 Å². The van der Waals surface area contributed by atoms with Crippen LogP contribution in [0.25, 0.3) is 0 Å². The Morgan fingerprint density at radius 1 is 1.04 bits per heavy atom. The molecule has 1 aromatic heterocycles. The number of nitrogens with zero attached hydrogens (tertiary/aromatic N) is 1. The molecule has 28 heavy (non-hydrogen) atoms. The molecule has 0 bridgehead atoms. The molecule has 6 nitrogen and oxygen atoms in total. The second-order valence-electron chi connectivity index (χ2n) is 5.93. The molecule has 2 aromatic carbocycles. The van der Waals surface area contributed by atoms with Crippen molar-refractivity contribution in [2.75, 3.05) is 19.5 Å². The molecule has 0 aliphatic heterocycles. The molecule has 0 aliphatic carbocycles. The minimum Gasteiger partial charge on any atom is -0.497 e. The summed E-state index contributed by atoms with van der Waals surface area (Å²) >= 11 is 6.05. The lowest BCUT2D eigenvalue weighted by Gasteiger charge is -2.12. The Morgan fingerprint density at radius 2 is 1.82 bits per heavy atom. The maximum Gasteiger partial charge on any atom is 0.251 e. The van der Waals surface area contributed by atoms with Crippen molar-refractivity contribution < 1.29 is 14.3 Å². The van der Waals surface area contributed by atoms with Gasteiger partial charge in [-0.15, -0.1) is 0 Å². The summed E-state index contributed by atoms with van der Waals surface area (Å²) in [7, 11) is 3.19. The van der Waals surface area contributed by atoms with E-state index in [4.69, 9.17) is 21.1 Å². The number of hydrogen-bond donors (Lipinski definition) is 2. The number of rotatable bonds is 7. The third kappa shape index (κ3) is 4.92. The van der Waals surface area contributed by atoms with Gasteiger partial charge >= 0.3 is 0 Å². The minimum atomic E-state index is -0.195. The summed E-state index contributed by atoms with van der Waals surface area (Å²) in [6, 6.07) is 16.1. The van der Waals surface area contributed by atoms with Crippen LogP contribution >= 0.6 is 11.6 Å². The third-order valence-corrected chi connectivity index (χ3v) is 4.29. The predicted molar refractivity (Wildman–Crippen MR) is 110 cm³/mol. The lowest BCUT2D eigenvalue weighted by atomic mass is 10.2. The summed E-state index contributed by atoms with van der Waals surface area (Å²) in [6.45, 7) is 0.413. The molecule has 144 valence electrons. The van der Waals surface area contributed by atoms with Crippen LogP contribution in [0.3, 0.4) is 0 Å². The van der Waals surface area contributed by atoms with Gasteiger partial charge in [0.1, 0.15) is 17.3 Å². The summed E-state index contributed by atoms with van der Waals surface area (Å²) in [5.74, 6) is 1.72. The van der Waals surface area contributed by atoms with Crippen LogP contribution in [0, 0.1) is 0 Å². The highest BCUT2D eigenvalue weighted by molar-refractivity contribution is 6.31. The van der Waals surface area contributed by atoms with Crippen LogP contribution in [0.1, 0.15) is 15.9 Å². The average Bonchev–Trinajstić information content (AvgIpc) is 2.73. The molecule has 1 amide bonds. The molecule has 3 aromatic rings. The van der Waals surface area contributed by atoms with E-state index < -0.39 is 0 Å². The van der Waals surface area contributed by atoms with E-state index in [9.17, 15) is 4.79 Å². The number of pyridine rings is 1. The molecule has 0 saturated carbocycles. The largest absolute Gasteiger partial charge is 0.497 e. The molecule has 3 rings (SSSR count). The van der Waals surface area contributed by atoms with Crippen molar-refractivity contribution in [2.45, 2.75) is 6.54 Å². The maximum absolute atomic E-state index is 12.5. The predicted octanol–water partition coefficient (Wildman–Crippen LogP) is 4.43. The first kappa shape index (κ1) is 19.5. The van der Waals surface area contributed by atoms with Crippen molar-refractivity contribution in [3.05, 3.63) is 76.9 Å². The molecular weight excluding hydrogens is 378 g/mol. The highest BCUT2D eigenvalue weighted by Crippen LogP contribution is 2.30. The van der Waals surface area contributed by atoms with E-state index in [0.717, 1.165) is 11.3 Å². The van der Waals surface area contributed by atoms with Crippen LogP contribution in [0.15, 0.2) is 60.8 Å². The number of methoxy groups -OCH3 is 2. The van der Waals surface area contributed by atoms with E-state index in [0.29, 0.717) is 34.4 Å². The van der Waals surface area contributed by atoms with E-state index in [1.807, 2.05) is 24.3 Å². The van der Waals surface area contributed by atoms with Crippen LogP contribution in [-0.2, 0) is 6.54 Å².